The molecule has 1 aromatic rings. The van der Waals surface area contributed by atoms with E-state index in [1.54, 1.807) is 11.1 Å². The van der Waals surface area contributed by atoms with Crippen LogP contribution in [0.25, 0.3) is 0 Å². The number of nitrogens with zero attached hydrogens (tertiary/aromatic N) is 1. The van der Waals surface area contributed by atoms with Crippen molar-refractivity contribution in [1.82, 2.24) is 4.90 Å². The molecule has 0 N–H and O–H groups in total. The maximum atomic E-state index is 2.49. The van der Waals surface area contributed by atoms with E-state index in [0.29, 0.717) is 5.41 Å². The molecule has 1 aromatic carbocycles. The minimum Gasteiger partial charge on any atom is -0.309 e. The third-order valence-corrected chi connectivity index (χ3v) is 4.87. The lowest BCUT2D eigenvalue weighted by Crippen LogP contribution is -2.39. The Morgan fingerprint density at radius 1 is 1.26 bits per heavy atom. The van der Waals surface area contributed by atoms with E-state index < -0.39 is 0 Å². The van der Waals surface area contributed by atoms with Gasteiger partial charge in [-0.1, -0.05) is 44.5 Å². The normalized spacial score (nSPS) is 25.8. The molecule has 2 unspecified atom stereocenters. The van der Waals surface area contributed by atoms with Crippen LogP contribution in [0.1, 0.15) is 44.2 Å². The minimum absolute atomic E-state index is 0. The summed E-state index contributed by atoms with van der Waals surface area (Å²) in [4.78, 5) is 2.31. The highest BCUT2D eigenvalue weighted by Gasteiger charge is 2.38. The summed E-state index contributed by atoms with van der Waals surface area (Å²) in [5.74, 6) is 0.840. The van der Waals surface area contributed by atoms with E-state index in [9.17, 15) is 0 Å². The Morgan fingerprint density at radius 3 is 2.58 bits per heavy atom. The molecular weight excluding hydrogens is 254 g/mol. The molecule has 0 fully saturated rings. The average Bonchev–Trinajstić information content (AvgIpc) is 2.37. The largest absolute Gasteiger partial charge is 0.309 e. The smallest absolute Gasteiger partial charge is 0.00163 e. The zero-order valence-electron chi connectivity index (χ0n) is 12.8. The number of halogens is 1. The second kappa shape index (κ2) is 6.76. The molecule has 0 saturated heterocycles. The number of fused-ring (bicyclic) bond motifs is 1. The number of aryl methyl sites for hydroxylation is 1. The molecule has 0 radical (unpaired) electrons. The molecule has 2 atom stereocenters. The van der Waals surface area contributed by atoms with Crippen LogP contribution < -0.4 is 0 Å². The van der Waals surface area contributed by atoms with Crippen LogP contribution in [0.3, 0.4) is 0 Å². The zero-order chi connectivity index (χ0) is 13.2. The van der Waals surface area contributed by atoms with Crippen molar-refractivity contribution in [2.75, 3.05) is 20.6 Å². The Labute approximate surface area is 124 Å². The summed E-state index contributed by atoms with van der Waals surface area (Å²) in [6.07, 6.45) is 5.21. The van der Waals surface area contributed by atoms with Gasteiger partial charge in [0, 0.05) is 0 Å². The summed E-state index contributed by atoms with van der Waals surface area (Å²) < 4.78 is 0. The molecule has 2 heteroatoms. The van der Waals surface area contributed by atoms with Gasteiger partial charge in [0.1, 0.15) is 0 Å². The van der Waals surface area contributed by atoms with E-state index in [-0.39, 0.29) is 12.4 Å². The predicted molar refractivity (Wildman–Crippen MR) is 86.3 cm³/mol. The first-order valence-corrected chi connectivity index (χ1v) is 7.31. The summed E-state index contributed by atoms with van der Waals surface area (Å²) in [5.41, 5.74) is 3.57. The van der Waals surface area contributed by atoms with Crippen molar-refractivity contribution in [2.24, 2.45) is 5.92 Å². The molecule has 0 aromatic heterocycles. The second-order valence-electron chi connectivity index (χ2n) is 6.27. The Bertz CT molecular complexity index is 402. The van der Waals surface area contributed by atoms with Crippen molar-refractivity contribution in [3.63, 3.8) is 0 Å². The standard InChI is InChI=1S/C17H27N.ClH/c1-5-15-11-10-14-8-6-7-9-16(14)17(15,2)12-13-18(3)4;/h6-9,15H,5,10-13H2,1-4H3;1H. The van der Waals surface area contributed by atoms with Crippen molar-refractivity contribution < 1.29 is 0 Å². The van der Waals surface area contributed by atoms with E-state index >= 15 is 0 Å². The number of hydrogen-bond acceptors (Lipinski definition) is 1. The molecule has 0 spiro atoms. The summed E-state index contributed by atoms with van der Waals surface area (Å²) in [7, 11) is 4.36. The van der Waals surface area contributed by atoms with Gasteiger partial charge in [-0.2, -0.15) is 0 Å². The second-order valence-corrected chi connectivity index (χ2v) is 6.27. The molecule has 0 heterocycles. The Morgan fingerprint density at radius 2 is 1.95 bits per heavy atom. The highest BCUT2D eigenvalue weighted by molar-refractivity contribution is 5.85. The highest BCUT2D eigenvalue weighted by Crippen LogP contribution is 2.45. The summed E-state index contributed by atoms with van der Waals surface area (Å²) in [6, 6.07) is 9.10. The van der Waals surface area contributed by atoms with Crippen LogP contribution in [0.4, 0.5) is 0 Å². The Hall–Kier alpha value is -0.530. The predicted octanol–water partition coefficient (Wildman–Crippen LogP) is 4.29. The van der Waals surface area contributed by atoms with E-state index in [1.807, 2.05) is 0 Å². The van der Waals surface area contributed by atoms with Crippen molar-refractivity contribution in [1.29, 1.82) is 0 Å². The molecule has 1 aliphatic carbocycles. The van der Waals surface area contributed by atoms with Gasteiger partial charge in [-0.3, -0.25) is 0 Å². The van der Waals surface area contributed by atoms with Gasteiger partial charge in [-0.15, -0.1) is 12.4 Å². The first-order chi connectivity index (χ1) is 8.58. The van der Waals surface area contributed by atoms with Gasteiger partial charge in [0.25, 0.3) is 0 Å². The topological polar surface area (TPSA) is 3.24 Å². The van der Waals surface area contributed by atoms with Crippen LogP contribution >= 0.6 is 12.4 Å². The van der Waals surface area contributed by atoms with Gasteiger partial charge in [0.15, 0.2) is 0 Å². The van der Waals surface area contributed by atoms with Crippen LogP contribution in [0.5, 0.6) is 0 Å². The first kappa shape index (κ1) is 16.5. The lowest BCUT2D eigenvalue weighted by Gasteiger charge is -2.43. The third kappa shape index (κ3) is 3.32. The molecule has 0 aliphatic heterocycles. The van der Waals surface area contributed by atoms with Gasteiger partial charge in [0.05, 0.1) is 0 Å². The van der Waals surface area contributed by atoms with E-state index in [1.165, 1.54) is 32.2 Å². The first-order valence-electron chi connectivity index (χ1n) is 7.31. The van der Waals surface area contributed by atoms with Crippen molar-refractivity contribution in [2.45, 2.75) is 44.9 Å². The molecule has 1 nitrogen and oxygen atoms in total. The molecule has 108 valence electrons. The maximum absolute atomic E-state index is 2.49. The monoisotopic (exact) mass is 281 g/mol. The zero-order valence-corrected chi connectivity index (χ0v) is 13.6. The number of benzene rings is 1. The van der Waals surface area contributed by atoms with Crippen molar-refractivity contribution >= 4 is 12.4 Å². The van der Waals surface area contributed by atoms with Crippen LogP contribution in [0.2, 0.25) is 0 Å². The molecule has 0 saturated carbocycles. The van der Waals surface area contributed by atoms with Crippen molar-refractivity contribution in [3.8, 4) is 0 Å². The fraction of sp³-hybridized carbons (Fsp3) is 0.647. The molecule has 2 rings (SSSR count). The molecular formula is C17H28ClN. The molecule has 1 aliphatic rings. The van der Waals surface area contributed by atoms with Crippen LogP contribution in [0.15, 0.2) is 24.3 Å². The highest BCUT2D eigenvalue weighted by atomic mass is 35.5. The summed E-state index contributed by atoms with van der Waals surface area (Å²) in [5, 5.41) is 0. The fourth-order valence-electron chi connectivity index (χ4n) is 3.61. The SMILES string of the molecule is CCC1CCc2ccccc2C1(C)CCN(C)C.Cl. The van der Waals surface area contributed by atoms with E-state index in [2.05, 4.69) is 57.1 Å². The summed E-state index contributed by atoms with van der Waals surface area (Å²) >= 11 is 0. The maximum Gasteiger partial charge on any atom is -0.00163 e. The van der Waals surface area contributed by atoms with Gasteiger partial charge in [0.2, 0.25) is 0 Å². The van der Waals surface area contributed by atoms with Crippen LogP contribution in [0, 0.1) is 5.92 Å². The number of hydrogen-bond donors (Lipinski definition) is 0. The lowest BCUT2D eigenvalue weighted by molar-refractivity contribution is 0.208. The van der Waals surface area contributed by atoms with Gasteiger partial charge >= 0.3 is 0 Å². The van der Waals surface area contributed by atoms with Crippen LogP contribution in [-0.4, -0.2) is 25.5 Å². The quantitative estimate of drug-likeness (QED) is 0.796. The fourth-order valence-corrected chi connectivity index (χ4v) is 3.61. The lowest BCUT2D eigenvalue weighted by atomic mass is 9.62. The third-order valence-electron chi connectivity index (χ3n) is 4.87. The summed E-state index contributed by atoms with van der Waals surface area (Å²) in [6.45, 7) is 6.02. The molecule has 19 heavy (non-hydrogen) atoms. The Balaban J connectivity index is 0.00000180. The van der Waals surface area contributed by atoms with Crippen molar-refractivity contribution in [3.05, 3.63) is 35.4 Å². The van der Waals surface area contributed by atoms with E-state index in [4.69, 9.17) is 0 Å². The molecule has 0 bridgehead atoms. The number of rotatable bonds is 4. The van der Waals surface area contributed by atoms with Gasteiger partial charge in [-0.05, 0) is 62.4 Å². The Kier molecular flexibility index (Phi) is 5.88. The minimum atomic E-state index is 0. The van der Waals surface area contributed by atoms with Crippen LogP contribution in [-0.2, 0) is 11.8 Å². The average molecular weight is 282 g/mol. The molecule has 0 amide bonds. The van der Waals surface area contributed by atoms with E-state index in [0.717, 1.165) is 5.92 Å². The van der Waals surface area contributed by atoms with Gasteiger partial charge in [-0.25, -0.2) is 0 Å². The van der Waals surface area contributed by atoms with Gasteiger partial charge < -0.3 is 4.90 Å².